The van der Waals surface area contributed by atoms with Gasteiger partial charge >= 0.3 is 0 Å². The molecule has 3 rings (SSSR count). The smallest absolute Gasteiger partial charge is 0.210 e. The first-order valence-corrected chi connectivity index (χ1v) is 8.36. The molecule has 116 valence electrons. The highest BCUT2D eigenvalue weighted by Gasteiger charge is 2.40. The van der Waals surface area contributed by atoms with Gasteiger partial charge in [-0.1, -0.05) is 30.3 Å². The highest BCUT2D eigenvalue weighted by Crippen LogP contribution is 2.40. The van der Waals surface area contributed by atoms with Crippen LogP contribution in [0, 0.1) is 5.82 Å². The summed E-state index contributed by atoms with van der Waals surface area (Å²) >= 11 is 0. The molecule has 0 aliphatic carbocycles. The molecule has 2 aromatic carbocycles. The summed E-state index contributed by atoms with van der Waals surface area (Å²) in [7, 11) is -4.14. The first-order chi connectivity index (χ1) is 10.4. The van der Waals surface area contributed by atoms with E-state index in [4.69, 9.17) is 0 Å². The Morgan fingerprint density at radius 1 is 1.05 bits per heavy atom. The summed E-state index contributed by atoms with van der Waals surface area (Å²) in [6, 6.07) is 11.5. The van der Waals surface area contributed by atoms with Crippen LogP contribution in [-0.2, 0) is 9.84 Å². The summed E-state index contributed by atoms with van der Waals surface area (Å²) in [5.74, 6) is -1.15. The quantitative estimate of drug-likeness (QED) is 0.877. The molecule has 0 saturated heterocycles. The van der Waals surface area contributed by atoms with E-state index in [1.165, 1.54) is 36.4 Å². The van der Waals surface area contributed by atoms with Crippen molar-refractivity contribution in [3.63, 3.8) is 0 Å². The summed E-state index contributed by atoms with van der Waals surface area (Å²) < 4.78 is 51.7. The zero-order chi connectivity index (χ0) is 15.9. The predicted octanol–water partition coefficient (Wildman–Crippen LogP) is 2.79. The van der Waals surface area contributed by atoms with Crippen LogP contribution in [0.2, 0.25) is 0 Å². The van der Waals surface area contributed by atoms with Gasteiger partial charge in [0.15, 0.2) is 0 Å². The summed E-state index contributed by atoms with van der Waals surface area (Å²) in [4.78, 5) is -0.117. The zero-order valence-electron chi connectivity index (χ0n) is 11.5. The molecule has 0 aromatic heterocycles. The lowest BCUT2D eigenvalue weighted by Gasteiger charge is -2.22. The van der Waals surface area contributed by atoms with Gasteiger partial charge in [-0.25, -0.2) is 17.2 Å². The van der Waals surface area contributed by atoms with E-state index in [1.54, 1.807) is 12.1 Å². The molecule has 0 spiro atoms. The molecule has 3 nitrogen and oxygen atoms in total. The van der Waals surface area contributed by atoms with E-state index in [9.17, 15) is 22.3 Å². The minimum absolute atomic E-state index is 0.117. The first kappa shape index (κ1) is 15.1. The monoisotopic (exact) mass is 324 g/mol. The van der Waals surface area contributed by atoms with E-state index >= 15 is 0 Å². The number of rotatable bonds is 1. The summed E-state index contributed by atoms with van der Waals surface area (Å²) in [6.07, 6.45) is -1.72. The standard InChI is InChI=1S/C16H14F2O3S/c17-11-7-5-10(6-8-11)16-12-3-1-2-4-14(12)22(20,21)15(18)9-13(16)19/h1-8,13,15-16,19H,9H2. The maximum Gasteiger partial charge on any atom is 0.210 e. The molecule has 2 aromatic rings. The van der Waals surface area contributed by atoms with Crippen molar-refractivity contribution in [1.82, 2.24) is 0 Å². The number of aliphatic hydroxyl groups is 1. The van der Waals surface area contributed by atoms with E-state index in [0.717, 1.165) is 0 Å². The Morgan fingerprint density at radius 2 is 1.68 bits per heavy atom. The molecular weight excluding hydrogens is 310 g/mol. The van der Waals surface area contributed by atoms with Crippen molar-refractivity contribution in [1.29, 1.82) is 0 Å². The molecule has 0 amide bonds. The van der Waals surface area contributed by atoms with Gasteiger partial charge in [-0.2, -0.15) is 0 Å². The Hall–Kier alpha value is -1.79. The third kappa shape index (κ3) is 2.42. The van der Waals surface area contributed by atoms with Crippen molar-refractivity contribution < 1.29 is 22.3 Å². The fourth-order valence-corrected chi connectivity index (χ4v) is 4.38. The number of sulfone groups is 1. The summed E-state index contributed by atoms with van der Waals surface area (Å²) in [5.41, 5.74) is -1.28. The molecule has 6 heteroatoms. The minimum Gasteiger partial charge on any atom is -0.392 e. The molecule has 1 heterocycles. The van der Waals surface area contributed by atoms with Crippen LogP contribution in [0.5, 0.6) is 0 Å². The molecule has 0 bridgehead atoms. The number of benzene rings is 2. The van der Waals surface area contributed by atoms with Crippen molar-refractivity contribution in [2.75, 3.05) is 0 Å². The number of alkyl halides is 1. The largest absolute Gasteiger partial charge is 0.392 e. The van der Waals surface area contributed by atoms with Crippen LogP contribution in [-0.4, -0.2) is 25.1 Å². The van der Waals surface area contributed by atoms with Gasteiger partial charge in [-0.05, 0) is 29.3 Å². The second kappa shape index (κ2) is 5.44. The van der Waals surface area contributed by atoms with Crippen LogP contribution >= 0.6 is 0 Å². The van der Waals surface area contributed by atoms with Crippen molar-refractivity contribution in [2.45, 2.75) is 28.8 Å². The highest BCUT2D eigenvalue weighted by molar-refractivity contribution is 7.92. The van der Waals surface area contributed by atoms with Crippen molar-refractivity contribution in [2.24, 2.45) is 0 Å². The van der Waals surface area contributed by atoms with E-state index in [-0.39, 0.29) is 4.90 Å². The normalized spacial score (nSPS) is 27.0. The molecular formula is C16H14F2O3S. The van der Waals surface area contributed by atoms with Crippen LogP contribution in [0.4, 0.5) is 8.78 Å². The molecule has 0 saturated carbocycles. The number of fused-ring (bicyclic) bond motifs is 1. The second-order valence-electron chi connectivity index (χ2n) is 5.33. The van der Waals surface area contributed by atoms with Gasteiger partial charge in [0, 0.05) is 12.3 Å². The van der Waals surface area contributed by atoms with Gasteiger partial charge in [-0.15, -0.1) is 0 Å². The fraction of sp³-hybridized carbons (Fsp3) is 0.250. The Labute approximate surface area is 127 Å². The predicted molar refractivity (Wildman–Crippen MR) is 77.4 cm³/mol. The lowest BCUT2D eigenvalue weighted by Crippen LogP contribution is -2.23. The van der Waals surface area contributed by atoms with E-state index in [1.807, 2.05) is 0 Å². The maximum atomic E-state index is 14.1. The number of hydrogen-bond donors (Lipinski definition) is 1. The average molecular weight is 324 g/mol. The second-order valence-corrected chi connectivity index (χ2v) is 7.37. The Kier molecular flexibility index (Phi) is 3.74. The molecule has 1 aliphatic heterocycles. The van der Waals surface area contributed by atoms with Crippen molar-refractivity contribution >= 4 is 9.84 Å². The zero-order valence-corrected chi connectivity index (χ0v) is 12.3. The van der Waals surface area contributed by atoms with Gasteiger partial charge < -0.3 is 5.11 Å². The lowest BCUT2D eigenvalue weighted by atomic mass is 9.85. The van der Waals surface area contributed by atoms with Crippen molar-refractivity contribution in [3.8, 4) is 0 Å². The number of hydrogen-bond acceptors (Lipinski definition) is 3. The topological polar surface area (TPSA) is 54.4 Å². The summed E-state index contributed by atoms with van der Waals surface area (Å²) in [5, 5.41) is 10.3. The fourth-order valence-electron chi connectivity index (χ4n) is 2.87. The van der Waals surface area contributed by atoms with E-state index < -0.39 is 39.6 Å². The third-order valence-corrected chi connectivity index (χ3v) is 5.79. The van der Waals surface area contributed by atoms with E-state index in [0.29, 0.717) is 11.1 Å². The van der Waals surface area contributed by atoms with Gasteiger partial charge in [-0.3, -0.25) is 0 Å². The van der Waals surface area contributed by atoms with Crippen molar-refractivity contribution in [3.05, 3.63) is 65.5 Å². The first-order valence-electron chi connectivity index (χ1n) is 6.81. The lowest BCUT2D eigenvalue weighted by molar-refractivity contribution is 0.130. The molecule has 3 atom stereocenters. The van der Waals surface area contributed by atoms with Gasteiger partial charge in [0.2, 0.25) is 15.3 Å². The highest BCUT2D eigenvalue weighted by atomic mass is 32.2. The molecule has 22 heavy (non-hydrogen) atoms. The third-order valence-electron chi connectivity index (χ3n) is 3.94. The molecule has 1 aliphatic rings. The summed E-state index contributed by atoms with van der Waals surface area (Å²) in [6.45, 7) is 0. The minimum atomic E-state index is -4.14. The van der Waals surface area contributed by atoms with Crippen LogP contribution < -0.4 is 0 Å². The SMILES string of the molecule is O=S1(=O)c2ccccc2C(c2ccc(F)cc2)C(O)CC1F. The number of aliphatic hydroxyl groups excluding tert-OH is 1. The Bertz CT molecular complexity index is 787. The van der Waals surface area contributed by atoms with E-state index in [2.05, 4.69) is 0 Å². The number of halogens is 2. The van der Waals surface area contributed by atoms with Crippen LogP contribution in [0.15, 0.2) is 53.4 Å². The Morgan fingerprint density at radius 3 is 2.36 bits per heavy atom. The average Bonchev–Trinajstić information content (AvgIpc) is 2.56. The van der Waals surface area contributed by atoms with Crippen LogP contribution in [0.1, 0.15) is 23.5 Å². The van der Waals surface area contributed by atoms with Gasteiger partial charge in [0.05, 0.1) is 11.0 Å². The van der Waals surface area contributed by atoms with Gasteiger partial charge in [0.1, 0.15) is 5.82 Å². The molecule has 1 N–H and O–H groups in total. The maximum absolute atomic E-state index is 14.1. The van der Waals surface area contributed by atoms with Crippen LogP contribution in [0.25, 0.3) is 0 Å². The Balaban J connectivity index is 2.23. The molecule has 0 fully saturated rings. The van der Waals surface area contributed by atoms with Crippen LogP contribution in [0.3, 0.4) is 0 Å². The molecule has 0 radical (unpaired) electrons. The molecule has 3 unspecified atom stereocenters. The van der Waals surface area contributed by atoms with Gasteiger partial charge in [0.25, 0.3) is 0 Å².